The molecule has 20 nitrogen and oxygen atoms in total. The number of carboxylic acids is 1. The summed E-state index contributed by atoms with van der Waals surface area (Å²) in [6.45, 7) is 2.60. The Labute approximate surface area is 607 Å². The van der Waals surface area contributed by atoms with Crippen LogP contribution in [0.5, 0.6) is 0 Å². The summed E-state index contributed by atoms with van der Waals surface area (Å²) in [5, 5.41) is 21.5. The fourth-order valence-corrected chi connectivity index (χ4v) is 18.4. The van der Waals surface area contributed by atoms with Gasteiger partial charge in [0.1, 0.15) is 9.96 Å². The summed E-state index contributed by atoms with van der Waals surface area (Å²) in [5.41, 5.74) is -1.77. The van der Waals surface area contributed by atoms with E-state index in [0.717, 1.165) is 84.7 Å². The van der Waals surface area contributed by atoms with Crippen LogP contribution in [0.4, 0.5) is 0 Å². The number of Topliss-reactive ketones (excluding diaryl/α,β-unsaturated/α-hetero) is 1. The van der Waals surface area contributed by atoms with E-state index >= 15 is 0 Å². The molecule has 9 atom stereocenters. The number of ketones is 1. The molecule has 510 valence electrons. The van der Waals surface area contributed by atoms with Crippen LogP contribution in [0.2, 0.25) is 0 Å². The summed E-state index contributed by atoms with van der Waals surface area (Å²) < 4.78 is 10.7. The number of piperidine rings is 4. The van der Waals surface area contributed by atoms with E-state index in [1.165, 1.54) is 58.8 Å². The molecule has 1 aromatic carbocycles. The van der Waals surface area contributed by atoms with E-state index in [2.05, 4.69) is 17.7 Å². The molecule has 0 aromatic heterocycles. The number of nitrogens with zero attached hydrogens (tertiary/aromatic N) is 5. The number of nitrogens with one attached hydrogen (secondary N) is 1. The topological polar surface area (TPSA) is 258 Å². The minimum absolute atomic E-state index is 0. The number of aliphatic hydroxyl groups is 1. The Morgan fingerprint density at radius 2 is 1.23 bits per heavy atom. The van der Waals surface area contributed by atoms with E-state index < -0.39 is 49.4 Å². The average molecular weight is 1590 g/mol. The zero-order valence-electron chi connectivity index (χ0n) is 53.9. The first-order chi connectivity index (χ1) is 42.0. The molecule has 0 radical (unpaired) electrons. The summed E-state index contributed by atoms with van der Waals surface area (Å²) in [7, 11) is 11.0. The Hall–Kier alpha value is -2.80. The van der Waals surface area contributed by atoms with Crippen LogP contribution in [0, 0.1) is 75.6 Å². The van der Waals surface area contributed by atoms with Gasteiger partial charge in [-0.05, 0) is 145 Å². The number of terminal acetylenes is 2. The Balaban J connectivity index is 0.000000355. The maximum atomic E-state index is 11.8. The number of hydrogen-bond donors (Lipinski definition) is 3. The van der Waals surface area contributed by atoms with Crippen LogP contribution in [0.15, 0.2) is 30.3 Å². The monoisotopic (exact) mass is 1590 g/mol. The number of rotatable bonds is 10. The van der Waals surface area contributed by atoms with Gasteiger partial charge in [0.25, 0.3) is 11.8 Å². The molecule has 15 rings (SSSR count). The van der Waals surface area contributed by atoms with E-state index in [1.807, 2.05) is 68.7 Å². The number of aliphatic carboxylic acids is 1. The molecule has 14 fully saturated rings. The molecule has 4 aliphatic heterocycles. The summed E-state index contributed by atoms with van der Waals surface area (Å²) in [4.78, 5) is 117. The number of fused-ring (bicyclic) bond motifs is 4. The van der Waals surface area contributed by atoms with Gasteiger partial charge < -0.3 is 69.9 Å². The molecule has 5 amide bonds. The van der Waals surface area contributed by atoms with E-state index in [4.69, 9.17) is 53.8 Å². The Morgan fingerprint density at radius 3 is 1.48 bits per heavy atom. The molecule has 1 aromatic rings. The summed E-state index contributed by atoms with van der Waals surface area (Å²) >= 11 is 15.7. The van der Waals surface area contributed by atoms with Crippen LogP contribution in [0.3, 0.4) is 0 Å². The first kappa shape index (κ1) is 85.3. The predicted octanol–water partition coefficient (Wildman–Crippen LogP) is 4.20. The fourth-order valence-electron chi connectivity index (χ4n) is 13.1. The van der Waals surface area contributed by atoms with Crippen LogP contribution in [-0.2, 0) is 54.1 Å². The van der Waals surface area contributed by atoms with Crippen molar-refractivity contribution in [2.75, 3.05) is 66.6 Å². The standard InChI is InChI=1S/C11H16O2.C10H11IO4.C8H9NO2.C8H13NOS2.C6H10ClNO.C6H7NO2.C6H9NO.C4H9N.C2H2Cl2O.C2H.BrH.ClH.Mg/c12-10(13)11-4-7-1-8(5-11)3-9(2-7)6-11;1-8(12)14-11(15-9(2)13)10-6-4-3-5-7-10;1-3-8(11)5-4-6(5)9(2)7(8)10;1-9-6-4-5(6)8(11-2,12-3)7(9)10;1-8(5-2-3-5)6(9)4-7;1-7-4-2-3(4)5(8)6(7)9;1-7-5-2-4(5)3-6(7)8;1-5-4-2-3-4;3-1-2(4)5;1-2;;;/h7-9H,1-6H2,(H,12,13);3-7H,1-2H3;1,5-6,11H,4H2,2H3;5-6H,4H2,1-3H3;5H,2-4H2,1H3;3-4H,2H2,1H3;4-5H,2-3H2,1H3;4-5H,2-3H2,1H3;1H2;1H;2*1H;/q;;;;;;;;;-1;;;+2/p-1. The molecule has 92 heavy (non-hydrogen) atoms. The summed E-state index contributed by atoms with van der Waals surface area (Å²) in [6.07, 6.45) is 35.3. The molecule has 9 unspecified atom stereocenters. The van der Waals surface area contributed by atoms with Crippen molar-refractivity contribution in [2.24, 2.45) is 46.8 Å². The molecular formula is C63H88BrCl4IMgN6O14S2. The van der Waals surface area contributed by atoms with E-state index in [0.29, 0.717) is 35.9 Å². The third kappa shape index (κ3) is 22.1. The van der Waals surface area contributed by atoms with Crippen LogP contribution in [0.1, 0.15) is 110 Å². The van der Waals surface area contributed by atoms with Gasteiger partial charge in [-0.25, -0.2) is 0 Å². The summed E-state index contributed by atoms with van der Waals surface area (Å²) in [6, 6.07) is 12.1. The van der Waals surface area contributed by atoms with Crippen molar-refractivity contribution >= 4 is 173 Å². The van der Waals surface area contributed by atoms with E-state index in [1.54, 1.807) is 64.5 Å². The second-order valence-corrected chi connectivity index (χ2v) is 31.4. The van der Waals surface area contributed by atoms with Gasteiger partial charge in [0.05, 0.1) is 11.3 Å². The minimum atomic E-state index is -2.59. The van der Waals surface area contributed by atoms with Gasteiger partial charge in [0.15, 0.2) is 0 Å². The molecule has 4 heterocycles. The minimum Gasteiger partial charge on any atom is -1.00 e. The second kappa shape index (κ2) is 37.8. The van der Waals surface area contributed by atoms with Gasteiger partial charge in [0.2, 0.25) is 34.3 Å². The van der Waals surface area contributed by atoms with Gasteiger partial charge in [-0.3, -0.25) is 38.4 Å². The van der Waals surface area contributed by atoms with Crippen molar-refractivity contribution in [1.82, 2.24) is 29.8 Å². The van der Waals surface area contributed by atoms with Gasteiger partial charge in [-0.1, -0.05) is 5.92 Å². The van der Waals surface area contributed by atoms with Gasteiger partial charge in [-0.15, -0.1) is 65.6 Å². The maximum absolute atomic E-state index is 11.8. The zero-order chi connectivity index (χ0) is 66.6. The van der Waals surface area contributed by atoms with Gasteiger partial charge in [-0.2, -0.15) is 0 Å². The average Bonchev–Trinajstić information content (AvgIpc) is 1.54. The number of likely N-dealkylation sites (tertiary alicyclic amines) is 4. The Bertz CT molecular complexity index is 2770. The number of likely N-dealkylation sites (N-methyl/N-ethyl adjacent to an activating group) is 2. The zero-order valence-corrected chi connectivity index (χ0v) is 63.8. The van der Waals surface area contributed by atoms with Crippen molar-refractivity contribution in [3.63, 3.8) is 0 Å². The number of alkyl halides is 2. The number of benzene rings is 1. The number of hydrogen-bond acceptors (Lipinski definition) is 16. The third-order valence-corrected chi connectivity index (χ3v) is 26.1. The molecule has 10 saturated carbocycles. The number of carbonyl (C=O) groups excluding carboxylic acids is 9. The number of thioether (sulfide) groups is 2. The molecule has 0 spiro atoms. The van der Waals surface area contributed by atoms with Gasteiger partial charge in [0, 0.05) is 95.7 Å². The van der Waals surface area contributed by atoms with Crippen LogP contribution >= 0.6 is 91.4 Å². The normalized spacial score (nSPS) is 30.5. The molecule has 14 aliphatic rings. The van der Waals surface area contributed by atoms with Crippen molar-refractivity contribution in [3.8, 4) is 18.8 Å². The second-order valence-electron chi connectivity index (χ2n) is 24.7. The predicted molar refractivity (Wildman–Crippen MR) is 364 cm³/mol. The first-order valence-electron chi connectivity index (χ1n) is 29.8. The Morgan fingerprint density at radius 1 is 0.750 bits per heavy atom. The molecule has 29 heteroatoms. The summed E-state index contributed by atoms with van der Waals surface area (Å²) in [5.74, 6) is 4.42. The van der Waals surface area contributed by atoms with Crippen LogP contribution in [-0.4, -0.2) is 229 Å². The van der Waals surface area contributed by atoms with Crippen LogP contribution < -0.4 is 22.3 Å². The fraction of sp³-hybridized carbons (Fsp3) is 0.683. The first-order valence-corrected chi connectivity index (χ1v) is 36.6. The van der Waals surface area contributed by atoms with Crippen LogP contribution in [0.25, 0.3) is 0 Å². The maximum Gasteiger partial charge on any atom is 2.00 e. The third-order valence-electron chi connectivity index (χ3n) is 18.4. The molecule has 4 saturated heterocycles. The SMILES string of the molecule is C#CC1(O)C(=O)N(C)C2CC21.CC(=O)OI(OC(C)=O)c1ccccc1.CN(C(=O)CCl)C1CC1.CN1C(=O)C(=O)C2CC21.CN1C(=O)CC2CC21.CNC1CC1.CSC1(SC)C(=O)N(C)C2CC21.Cl.O=C(Cl)CCl.O=C(O)C12CC3CC(CC(C3)C1)C2.[Br-].[C-]#C.[Mg+2]. The number of amides is 5. The molecular weight excluding hydrogens is 1500 g/mol. The molecule has 4 bridgehead atoms. The van der Waals surface area contributed by atoms with Crippen molar-refractivity contribution < 1.29 is 81.3 Å². The Kier molecular flexibility index (Phi) is 35.0. The number of carbonyl (C=O) groups is 10. The number of halogens is 6. The van der Waals surface area contributed by atoms with E-state index in [9.17, 15) is 58.2 Å². The number of carboxylic acid groups (broad SMARTS) is 1. The van der Waals surface area contributed by atoms with Crippen molar-refractivity contribution in [3.05, 3.63) is 40.3 Å². The largest absolute Gasteiger partial charge is 2.00 e. The quantitative estimate of drug-likeness (QED) is 0.0434. The van der Waals surface area contributed by atoms with E-state index in [-0.39, 0.29) is 121 Å². The smallest absolute Gasteiger partial charge is 1.00 e. The molecule has 3 N–H and O–H groups in total. The molecule has 10 aliphatic carbocycles. The van der Waals surface area contributed by atoms with Crippen molar-refractivity contribution in [1.29, 1.82) is 0 Å². The van der Waals surface area contributed by atoms with Crippen molar-refractivity contribution in [2.45, 2.75) is 156 Å². The van der Waals surface area contributed by atoms with Gasteiger partial charge >= 0.3 is 125 Å².